The molecule has 1 saturated heterocycles. The van der Waals surface area contributed by atoms with Gasteiger partial charge in [-0.15, -0.1) is 0 Å². The van der Waals surface area contributed by atoms with Gasteiger partial charge in [0, 0.05) is 13.2 Å². The van der Waals surface area contributed by atoms with Crippen molar-refractivity contribution in [2.45, 2.75) is 51.6 Å². The molecule has 15 nitrogen and oxygen atoms in total. The minimum Gasteiger partial charge on any atom is -0.387 e. The molecule has 0 amide bonds. The van der Waals surface area contributed by atoms with Gasteiger partial charge in [-0.2, -0.15) is 4.98 Å². The van der Waals surface area contributed by atoms with E-state index in [2.05, 4.69) is 19.5 Å². The Morgan fingerprint density at radius 3 is 2.47 bits per heavy atom. The summed E-state index contributed by atoms with van der Waals surface area (Å²) in [6.45, 7) is 6.60. The van der Waals surface area contributed by atoms with Gasteiger partial charge >= 0.3 is 7.82 Å². The van der Waals surface area contributed by atoms with Crippen molar-refractivity contribution in [1.29, 1.82) is 0 Å². The molecule has 0 unspecified atom stereocenters. The minimum atomic E-state index is -4.76. The average Bonchev–Trinajstić information content (AvgIpc) is 3.22. The number of ether oxygens (including phenoxy) is 3. The Morgan fingerprint density at radius 1 is 1.28 bits per heavy atom. The summed E-state index contributed by atoms with van der Waals surface area (Å²) in [5.41, 5.74) is 4.84. The minimum absolute atomic E-state index is 0.0176. The number of imidazole rings is 1. The standard InChI is InChI=1S/C10H14N5O8P.C6H14O2/c11-10-13-7-4(8(18)14-10)12-2-15(7)9-6(17)5(16)3(23-9)1-22-24(19,20)21;1-4-7-6(3)8-5-2/h2-3,5-6,9,16-17H,1H2,(H2,19,20,21)(H3,11,13,14,18);6H,4-5H2,1-3H3/t3-,5-,6-,9-;/m1./s1. The van der Waals surface area contributed by atoms with Crippen molar-refractivity contribution in [2.75, 3.05) is 25.6 Å². The molecular formula is C16H28N5O10P. The summed E-state index contributed by atoms with van der Waals surface area (Å²) in [5.74, 6) is -0.177. The molecule has 32 heavy (non-hydrogen) atoms. The molecule has 3 rings (SSSR count). The normalized spacial score (nSPS) is 23.5. The molecule has 2 aromatic rings. The van der Waals surface area contributed by atoms with Crippen molar-refractivity contribution in [2.24, 2.45) is 0 Å². The highest BCUT2D eigenvalue weighted by atomic mass is 31.2. The zero-order chi connectivity index (χ0) is 24.1. The monoisotopic (exact) mass is 481 g/mol. The van der Waals surface area contributed by atoms with E-state index in [1.807, 2.05) is 20.8 Å². The van der Waals surface area contributed by atoms with Crippen LogP contribution in [0.4, 0.5) is 5.95 Å². The number of nitrogens with one attached hydrogen (secondary N) is 1. The summed E-state index contributed by atoms with van der Waals surface area (Å²) in [5, 5.41) is 20.1. The van der Waals surface area contributed by atoms with Crippen LogP contribution in [0.2, 0.25) is 0 Å². The van der Waals surface area contributed by atoms with E-state index in [-0.39, 0.29) is 23.4 Å². The van der Waals surface area contributed by atoms with Crippen molar-refractivity contribution in [3.05, 3.63) is 16.7 Å². The number of aliphatic hydroxyl groups is 2. The summed E-state index contributed by atoms with van der Waals surface area (Å²) >= 11 is 0. The third kappa shape index (κ3) is 6.78. The molecule has 0 aliphatic carbocycles. The highest BCUT2D eigenvalue weighted by molar-refractivity contribution is 7.46. The number of hydrogen-bond acceptors (Lipinski definition) is 11. The maximum atomic E-state index is 11.7. The Labute approximate surface area is 182 Å². The molecule has 2 aromatic heterocycles. The van der Waals surface area contributed by atoms with Gasteiger partial charge in [0.15, 0.2) is 23.7 Å². The van der Waals surface area contributed by atoms with Gasteiger partial charge in [-0.25, -0.2) is 9.55 Å². The molecule has 16 heteroatoms. The number of nitrogen functional groups attached to an aromatic ring is 1. The fraction of sp³-hybridized carbons (Fsp3) is 0.688. The van der Waals surface area contributed by atoms with Crippen LogP contribution in [0.1, 0.15) is 27.0 Å². The number of H-pyrrole nitrogens is 1. The number of hydrogen-bond donors (Lipinski definition) is 6. The lowest BCUT2D eigenvalue weighted by molar-refractivity contribution is -0.123. The van der Waals surface area contributed by atoms with Crippen molar-refractivity contribution in [3.63, 3.8) is 0 Å². The maximum Gasteiger partial charge on any atom is 0.469 e. The van der Waals surface area contributed by atoms with Crippen LogP contribution in [0.3, 0.4) is 0 Å². The summed E-state index contributed by atoms with van der Waals surface area (Å²) in [4.78, 5) is 39.1. The first-order chi connectivity index (χ1) is 15.0. The summed E-state index contributed by atoms with van der Waals surface area (Å²) in [6, 6.07) is 0. The summed E-state index contributed by atoms with van der Waals surface area (Å²) < 4.78 is 31.7. The number of phosphoric ester groups is 1. The van der Waals surface area contributed by atoms with E-state index < -0.39 is 44.5 Å². The molecule has 1 fully saturated rings. The molecule has 4 atom stereocenters. The number of nitrogens with zero attached hydrogens (tertiary/aromatic N) is 3. The third-order valence-corrected chi connectivity index (χ3v) is 4.76. The second-order valence-corrected chi connectivity index (χ2v) is 7.83. The van der Waals surface area contributed by atoms with Crippen LogP contribution in [0.25, 0.3) is 11.2 Å². The maximum absolute atomic E-state index is 11.7. The predicted molar refractivity (Wildman–Crippen MR) is 109 cm³/mol. The number of aliphatic hydroxyl groups excluding tert-OH is 2. The molecule has 3 heterocycles. The van der Waals surface area contributed by atoms with Crippen molar-refractivity contribution < 1.29 is 43.3 Å². The van der Waals surface area contributed by atoms with E-state index in [0.29, 0.717) is 0 Å². The number of nitrogens with two attached hydrogens (primary N) is 1. The molecule has 0 aromatic carbocycles. The van der Waals surface area contributed by atoms with Gasteiger partial charge in [0.05, 0.1) is 12.9 Å². The van der Waals surface area contributed by atoms with E-state index in [1.165, 1.54) is 10.9 Å². The summed E-state index contributed by atoms with van der Waals surface area (Å²) in [7, 11) is -4.76. The lowest BCUT2D eigenvalue weighted by Crippen LogP contribution is -2.33. The van der Waals surface area contributed by atoms with Crippen molar-refractivity contribution in [1.82, 2.24) is 19.5 Å². The van der Waals surface area contributed by atoms with E-state index in [4.69, 9.17) is 29.7 Å². The van der Waals surface area contributed by atoms with E-state index in [1.54, 1.807) is 0 Å². The van der Waals surface area contributed by atoms with Gasteiger partial charge in [-0.3, -0.25) is 18.9 Å². The van der Waals surface area contributed by atoms with Crippen LogP contribution >= 0.6 is 7.82 Å². The van der Waals surface area contributed by atoms with Gasteiger partial charge in [-0.1, -0.05) is 0 Å². The predicted octanol–water partition coefficient (Wildman–Crippen LogP) is -1.16. The molecule has 0 radical (unpaired) electrons. The van der Waals surface area contributed by atoms with E-state index >= 15 is 0 Å². The molecule has 182 valence electrons. The van der Waals surface area contributed by atoms with Crippen LogP contribution < -0.4 is 11.3 Å². The largest absolute Gasteiger partial charge is 0.469 e. The van der Waals surface area contributed by atoms with Crippen LogP contribution in [-0.4, -0.2) is 83.9 Å². The van der Waals surface area contributed by atoms with Gasteiger partial charge in [0.2, 0.25) is 5.95 Å². The fourth-order valence-electron chi connectivity index (χ4n) is 2.91. The average molecular weight is 481 g/mol. The van der Waals surface area contributed by atoms with Crippen LogP contribution in [-0.2, 0) is 23.3 Å². The third-order valence-electron chi connectivity index (χ3n) is 4.27. The van der Waals surface area contributed by atoms with Crippen LogP contribution in [0.15, 0.2) is 11.1 Å². The van der Waals surface area contributed by atoms with Gasteiger partial charge in [0.25, 0.3) is 5.56 Å². The lowest BCUT2D eigenvalue weighted by atomic mass is 10.1. The Bertz CT molecular complexity index is 972. The highest BCUT2D eigenvalue weighted by Crippen LogP contribution is 2.38. The number of fused-ring (bicyclic) bond motifs is 1. The smallest absolute Gasteiger partial charge is 0.387 e. The van der Waals surface area contributed by atoms with Gasteiger partial charge in [0.1, 0.15) is 18.3 Å². The Hall–Kier alpha value is -1.94. The zero-order valence-electron chi connectivity index (χ0n) is 17.7. The van der Waals surface area contributed by atoms with Gasteiger partial charge < -0.3 is 39.9 Å². The number of aromatic nitrogens is 4. The fourth-order valence-corrected chi connectivity index (χ4v) is 3.26. The molecule has 7 N–H and O–H groups in total. The molecule has 1 aliphatic rings. The number of rotatable bonds is 8. The zero-order valence-corrected chi connectivity index (χ0v) is 18.6. The lowest BCUT2D eigenvalue weighted by Gasteiger charge is -2.16. The number of aromatic amines is 1. The van der Waals surface area contributed by atoms with Crippen LogP contribution in [0, 0.1) is 0 Å². The number of anilines is 1. The number of phosphoric acid groups is 1. The second kappa shape index (κ2) is 11.3. The second-order valence-electron chi connectivity index (χ2n) is 6.59. The molecule has 0 bridgehead atoms. The molecule has 0 saturated carbocycles. The Balaban J connectivity index is 0.000000390. The summed E-state index contributed by atoms with van der Waals surface area (Å²) in [6.07, 6.45) is -4.25. The first-order valence-corrected chi connectivity index (χ1v) is 11.2. The first kappa shape index (κ1) is 26.3. The van der Waals surface area contributed by atoms with E-state index in [0.717, 1.165) is 13.2 Å². The van der Waals surface area contributed by atoms with Gasteiger partial charge in [-0.05, 0) is 20.8 Å². The van der Waals surface area contributed by atoms with Crippen molar-refractivity contribution in [3.8, 4) is 0 Å². The Kier molecular flexibility index (Phi) is 9.27. The molecule has 1 aliphatic heterocycles. The highest BCUT2D eigenvalue weighted by Gasteiger charge is 2.45. The quantitative estimate of drug-likeness (QED) is 0.193. The van der Waals surface area contributed by atoms with Crippen molar-refractivity contribution >= 4 is 24.9 Å². The van der Waals surface area contributed by atoms with Crippen LogP contribution in [0.5, 0.6) is 0 Å². The topological polar surface area (TPSA) is 224 Å². The molecular weight excluding hydrogens is 453 g/mol. The Morgan fingerprint density at radius 2 is 1.91 bits per heavy atom. The molecule has 0 spiro atoms. The van der Waals surface area contributed by atoms with E-state index in [9.17, 15) is 19.6 Å². The first-order valence-electron chi connectivity index (χ1n) is 9.65. The SMILES string of the molecule is CCOC(C)OCC.Nc1nc2c(ncn2[C@@H]2O[C@H](COP(=O)(O)O)[C@@H](O)[C@H]2O)c(=O)[nH]1.